The number of benzene rings is 1. The van der Waals surface area contributed by atoms with E-state index in [0.717, 1.165) is 35.9 Å². The van der Waals surface area contributed by atoms with Gasteiger partial charge in [0.2, 0.25) is 0 Å². The van der Waals surface area contributed by atoms with E-state index in [2.05, 4.69) is 20.9 Å². The van der Waals surface area contributed by atoms with Gasteiger partial charge in [-0.15, -0.1) is 0 Å². The van der Waals surface area contributed by atoms with Crippen LogP contribution >= 0.6 is 0 Å². The van der Waals surface area contributed by atoms with Crippen molar-refractivity contribution in [2.24, 2.45) is 0 Å². The molecule has 106 valence electrons. The molecule has 4 rings (SSSR count). The van der Waals surface area contributed by atoms with Gasteiger partial charge in [-0.25, -0.2) is 9.97 Å². The smallest absolute Gasteiger partial charge is 0.180 e. The molecule has 2 N–H and O–H groups in total. The van der Waals surface area contributed by atoms with Gasteiger partial charge >= 0.3 is 0 Å². The van der Waals surface area contributed by atoms with Crippen LogP contribution in [0.1, 0.15) is 5.56 Å². The first kappa shape index (κ1) is 12.0. The Bertz CT molecular complexity index is 798. The lowest BCUT2D eigenvalue weighted by molar-refractivity contribution is 0.331. The highest BCUT2D eigenvalue weighted by atomic mass is 16.5. The number of nitrogens with zero attached hydrogens (tertiary/aromatic N) is 4. The fourth-order valence-electron chi connectivity index (χ4n) is 2.65. The van der Waals surface area contributed by atoms with E-state index in [9.17, 15) is 0 Å². The molecule has 1 aromatic carbocycles. The number of anilines is 2. The Balaban J connectivity index is 1.80. The van der Waals surface area contributed by atoms with E-state index >= 15 is 0 Å². The fourth-order valence-corrected chi connectivity index (χ4v) is 2.65. The summed E-state index contributed by atoms with van der Waals surface area (Å²) in [4.78, 5) is 11.0. The van der Waals surface area contributed by atoms with Crippen LogP contribution in [0.5, 0.6) is 5.75 Å². The van der Waals surface area contributed by atoms with Crippen molar-refractivity contribution in [1.29, 1.82) is 0 Å². The minimum atomic E-state index is 0.481. The van der Waals surface area contributed by atoms with Gasteiger partial charge in [-0.05, 0) is 6.07 Å². The topological polar surface area (TPSA) is 68.7 Å². The van der Waals surface area contributed by atoms with Crippen LogP contribution in [0.3, 0.4) is 0 Å². The zero-order chi connectivity index (χ0) is 14.2. The lowest BCUT2D eigenvalue weighted by Crippen LogP contribution is -2.27. The first-order valence-electron chi connectivity index (χ1n) is 6.86. The predicted octanol–water partition coefficient (Wildman–Crippen LogP) is 1.71. The number of fused-ring (bicyclic) bond motifs is 2. The number of hydrogen-bond acceptors (Lipinski definition) is 5. The highest BCUT2D eigenvalue weighted by molar-refractivity contribution is 5.66. The average Bonchev–Trinajstić information content (AvgIpc) is 2.84. The van der Waals surface area contributed by atoms with E-state index in [4.69, 9.17) is 10.5 Å². The lowest BCUT2D eigenvalue weighted by Gasteiger charge is -2.21. The minimum absolute atomic E-state index is 0.481. The van der Waals surface area contributed by atoms with Crippen molar-refractivity contribution in [3.05, 3.63) is 48.4 Å². The van der Waals surface area contributed by atoms with Crippen molar-refractivity contribution in [3.63, 3.8) is 0 Å². The highest BCUT2D eigenvalue weighted by Gasteiger charge is 2.19. The predicted molar refractivity (Wildman–Crippen MR) is 80.4 cm³/mol. The molecule has 0 amide bonds. The normalized spacial score (nSPS) is 14.6. The third kappa shape index (κ3) is 2.05. The summed E-state index contributed by atoms with van der Waals surface area (Å²) in [6, 6.07) is 8.07. The third-order valence-electron chi connectivity index (χ3n) is 3.63. The van der Waals surface area contributed by atoms with Crippen LogP contribution in [-0.4, -0.2) is 27.5 Å². The maximum atomic E-state index is 5.91. The zero-order valence-corrected chi connectivity index (χ0v) is 11.4. The van der Waals surface area contributed by atoms with Gasteiger partial charge in [-0.3, -0.25) is 0 Å². The quantitative estimate of drug-likeness (QED) is 0.735. The molecule has 1 aliphatic rings. The second-order valence-corrected chi connectivity index (χ2v) is 5.03. The Hall–Kier alpha value is -2.76. The molecule has 2 aromatic heterocycles. The fraction of sp³-hybridized carbons (Fsp3) is 0.200. The van der Waals surface area contributed by atoms with Crippen LogP contribution < -0.4 is 15.4 Å². The second kappa shape index (κ2) is 4.66. The van der Waals surface area contributed by atoms with Crippen LogP contribution in [0.2, 0.25) is 0 Å². The van der Waals surface area contributed by atoms with E-state index in [-0.39, 0.29) is 0 Å². The van der Waals surface area contributed by atoms with Crippen LogP contribution in [0.4, 0.5) is 11.6 Å². The number of para-hydroxylation sites is 1. The van der Waals surface area contributed by atoms with Crippen LogP contribution in [-0.2, 0) is 6.54 Å². The monoisotopic (exact) mass is 281 g/mol. The first-order chi connectivity index (χ1) is 10.3. The van der Waals surface area contributed by atoms with E-state index in [0.29, 0.717) is 12.4 Å². The number of rotatable bonds is 1. The number of nitrogen functional groups attached to an aromatic ring is 1. The number of hydrogen-bond donors (Lipinski definition) is 1. The van der Waals surface area contributed by atoms with Gasteiger partial charge in [-0.2, -0.15) is 0 Å². The van der Waals surface area contributed by atoms with Crippen molar-refractivity contribution in [2.75, 3.05) is 23.8 Å². The van der Waals surface area contributed by atoms with Crippen LogP contribution in [0, 0.1) is 0 Å². The molecule has 3 aromatic rings. The van der Waals surface area contributed by atoms with Crippen molar-refractivity contribution in [2.45, 2.75) is 6.54 Å². The molecule has 3 heterocycles. The Morgan fingerprint density at radius 1 is 1.24 bits per heavy atom. The molecule has 0 saturated carbocycles. The van der Waals surface area contributed by atoms with Crippen LogP contribution in [0.25, 0.3) is 5.65 Å². The molecular weight excluding hydrogens is 266 g/mol. The number of imidazole rings is 1. The zero-order valence-electron chi connectivity index (χ0n) is 11.4. The summed E-state index contributed by atoms with van der Waals surface area (Å²) < 4.78 is 7.69. The first-order valence-corrected chi connectivity index (χ1v) is 6.86. The molecule has 6 nitrogen and oxygen atoms in total. The van der Waals surface area contributed by atoms with Crippen molar-refractivity contribution < 1.29 is 4.74 Å². The summed E-state index contributed by atoms with van der Waals surface area (Å²) in [7, 11) is 0. The van der Waals surface area contributed by atoms with E-state index in [1.54, 1.807) is 12.4 Å². The minimum Gasteiger partial charge on any atom is -0.491 e. The van der Waals surface area contributed by atoms with Gasteiger partial charge < -0.3 is 19.8 Å². The molecule has 0 fully saturated rings. The van der Waals surface area contributed by atoms with Crippen molar-refractivity contribution in [3.8, 4) is 5.75 Å². The molecule has 0 bridgehead atoms. The Morgan fingerprint density at radius 3 is 3.10 bits per heavy atom. The number of ether oxygens (including phenoxy) is 1. The summed E-state index contributed by atoms with van der Waals surface area (Å²) in [6.07, 6.45) is 5.40. The average molecular weight is 281 g/mol. The maximum absolute atomic E-state index is 5.91. The number of nitrogens with two attached hydrogens (primary N) is 1. The van der Waals surface area contributed by atoms with E-state index in [1.165, 1.54) is 0 Å². The number of aromatic nitrogens is 3. The van der Waals surface area contributed by atoms with E-state index in [1.807, 2.05) is 28.8 Å². The lowest BCUT2D eigenvalue weighted by atomic mass is 10.2. The Morgan fingerprint density at radius 2 is 2.14 bits per heavy atom. The molecular formula is C15H15N5O. The molecule has 0 spiro atoms. The largest absolute Gasteiger partial charge is 0.491 e. The molecule has 6 heteroatoms. The molecule has 0 saturated heterocycles. The summed E-state index contributed by atoms with van der Waals surface area (Å²) >= 11 is 0. The van der Waals surface area contributed by atoms with Crippen LogP contribution in [0.15, 0.2) is 42.9 Å². The van der Waals surface area contributed by atoms with Gasteiger partial charge in [0.1, 0.15) is 18.2 Å². The summed E-state index contributed by atoms with van der Waals surface area (Å²) in [5, 5.41) is 0. The molecule has 21 heavy (non-hydrogen) atoms. The summed E-state index contributed by atoms with van der Waals surface area (Å²) in [5.74, 6) is 2.21. The maximum Gasteiger partial charge on any atom is 0.180 e. The molecule has 0 atom stereocenters. The molecule has 0 unspecified atom stereocenters. The van der Waals surface area contributed by atoms with E-state index < -0.39 is 0 Å². The highest BCUT2D eigenvalue weighted by Crippen LogP contribution is 2.27. The van der Waals surface area contributed by atoms with Gasteiger partial charge in [0.25, 0.3) is 0 Å². The Kier molecular flexibility index (Phi) is 2.67. The van der Waals surface area contributed by atoms with Gasteiger partial charge in [0.15, 0.2) is 11.5 Å². The molecule has 0 aliphatic carbocycles. The van der Waals surface area contributed by atoms with Crippen molar-refractivity contribution in [1.82, 2.24) is 14.4 Å². The van der Waals surface area contributed by atoms with Crippen molar-refractivity contribution >= 4 is 17.3 Å². The van der Waals surface area contributed by atoms with Gasteiger partial charge in [0, 0.05) is 24.5 Å². The summed E-state index contributed by atoms with van der Waals surface area (Å²) in [6.45, 7) is 2.09. The second-order valence-electron chi connectivity index (χ2n) is 5.03. The van der Waals surface area contributed by atoms with Gasteiger partial charge in [-0.1, -0.05) is 18.2 Å². The SMILES string of the molecule is Nc1cn2ccnc2c(N2CCOc3ccccc3C2)n1. The Labute approximate surface area is 121 Å². The molecule has 0 radical (unpaired) electrons. The van der Waals surface area contributed by atoms with Gasteiger partial charge in [0.05, 0.1) is 12.7 Å². The standard InChI is InChI=1S/C15H15N5O/c16-13-10-19-6-5-17-14(19)15(18-13)20-7-8-21-12-4-2-1-3-11(12)9-20/h1-6,10H,7-9,16H2. The summed E-state index contributed by atoms with van der Waals surface area (Å²) in [5.41, 5.74) is 7.86. The molecule has 1 aliphatic heterocycles. The third-order valence-corrected chi connectivity index (χ3v) is 3.63.